The fourth-order valence-corrected chi connectivity index (χ4v) is 2.40. The second-order valence-corrected chi connectivity index (χ2v) is 5.53. The van der Waals surface area contributed by atoms with Gasteiger partial charge in [-0.3, -0.25) is 4.79 Å². The lowest BCUT2D eigenvalue weighted by atomic mass is 10.1. The smallest absolute Gasteiger partial charge is 0.260 e. The van der Waals surface area contributed by atoms with E-state index in [0.29, 0.717) is 5.75 Å². The Morgan fingerprint density at radius 3 is 2.67 bits per heavy atom. The summed E-state index contributed by atoms with van der Waals surface area (Å²) in [6, 6.07) is 7.54. The van der Waals surface area contributed by atoms with Crippen molar-refractivity contribution in [3.05, 3.63) is 24.3 Å². The molecule has 1 fully saturated rings. The fourth-order valence-electron chi connectivity index (χ4n) is 2.40. The molecule has 21 heavy (non-hydrogen) atoms. The first kappa shape index (κ1) is 15.6. The first-order valence-electron chi connectivity index (χ1n) is 7.38. The quantitative estimate of drug-likeness (QED) is 0.897. The van der Waals surface area contributed by atoms with Crippen LogP contribution in [0.2, 0.25) is 0 Å². The number of nitrogens with one attached hydrogen (secondary N) is 1. The lowest BCUT2D eigenvalue weighted by molar-refractivity contribution is -0.128. The molecule has 0 unspecified atom stereocenters. The standard InChI is InChI=1S/C16H24N2O3/c1-12(21-15-6-4-5-14(11-15)20-3)16(19)17-13-7-9-18(2)10-8-13/h4-6,11-13H,7-10H2,1-3H3,(H,17,19)/t12-/m1/s1. The average Bonchev–Trinajstić information content (AvgIpc) is 2.49. The molecule has 2 rings (SSSR count). The number of rotatable bonds is 5. The van der Waals surface area contributed by atoms with E-state index in [1.165, 1.54) is 0 Å². The molecule has 0 aliphatic carbocycles. The van der Waals surface area contributed by atoms with Crippen LogP contribution in [-0.4, -0.2) is 50.2 Å². The number of carbonyl (C=O) groups excluding carboxylic acids is 1. The Labute approximate surface area is 126 Å². The van der Waals surface area contributed by atoms with Gasteiger partial charge < -0.3 is 19.7 Å². The number of ether oxygens (including phenoxy) is 2. The van der Waals surface area contributed by atoms with E-state index in [1.54, 1.807) is 20.1 Å². The van der Waals surface area contributed by atoms with Gasteiger partial charge in [0.15, 0.2) is 6.10 Å². The second-order valence-electron chi connectivity index (χ2n) is 5.53. The molecule has 1 saturated heterocycles. The molecule has 1 heterocycles. The maximum Gasteiger partial charge on any atom is 0.260 e. The van der Waals surface area contributed by atoms with Gasteiger partial charge in [0.25, 0.3) is 5.91 Å². The Hall–Kier alpha value is -1.75. The van der Waals surface area contributed by atoms with Crippen LogP contribution in [0.25, 0.3) is 0 Å². The molecule has 1 aromatic carbocycles. The third-order valence-electron chi connectivity index (χ3n) is 3.79. The van der Waals surface area contributed by atoms with E-state index in [2.05, 4.69) is 17.3 Å². The Morgan fingerprint density at radius 1 is 1.33 bits per heavy atom. The van der Waals surface area contributed by atoms with Gasteiger partial charge in [-0.15, -0.1) is 0 Å². The molecule has 0 spiro atoms. The number of hydrogen-bond donors (Lipinski definition) is 1. The number of carbonyl (C=O) groups is 1. The van der Waals surface area contributed by atoms with Crippen LogP contribution < -0.4 is 14.8 Å². The van der Waals surface area contributed by atoms with Crippen LogP contribution in [0.4, 0.5) is 0 Å². The average molecular weight is 292 g/mol. The van der Waals surface area contributed by atoms with Crippen molar-refractivity contribution in [1.29, 1.82) is 0 Å². The minimum absolute atomic E-state index is 0.0626. The third kappa shape index (κ3) is 4.63. The highest BCUT2D eigenvalue weighted by molar-refractivity contribution is 5.81. The van der Waals surface area contributed by atoms with E-state index in [1.807, 2.05) is 18.2 Å². The Kier molecular flexibility index (Phi) is 5.44. The van der Waals surface area contributed by atoms with Crippen molar-refractivity contribution in [2.75, 3.05) is 27.2 Å². The van der Waals surface area contributed by atoms with Crippen molar-refractivity contribution in [1.82, 2.24) is 10.2 Å². The minimum Gasteiger partial charge on any atom is -0.497 e. The van der Waals surface area contributed by atoms with E-state index in [-0.39, 0.29) is 11.9 Å². The van der Waals surface area contributed by atoms with Crippen LogP contribution in [-0.2, 0) is 4.79 Å². The first-order valence-corrected chi connectivity index (χ1v) is 7.38. The summed E-state index contributed by atoms with van der Waals surface area (Å²) in [6.45, 7) is 3.82. The van der Waals surface area contributed by atoms with Crippen molar-refractivity contribution in [2.24, 2.45) is 0 Å². The van der Waals surface area contributed by atoms with E-state index < -0.39 is 6.10 Å². The summed E-state index contributed by atoms with van der Waals surface area (Å²) in [7, 11) is 3.71. The molecular formula is C16H24N2O3. The number of benzene rings is 1. The van der Waals surface area contributed by atoms with Gasteiger partial charge >= 0.3 is 0 Å². The van der Waals surface area contributed by atoms with Gasteiger partial charge in [-0.25, -0.2) is 0 Å². The van der Waals surface area contributed by atoms with Crippen molar-refractivity contribution < 1.29 is 14.3 Å². The second kappa shape index (κ2) is 7.31. The number of hydrogen-bond acceptors (Lipinski definition) is 4. The van der Waals surface area contributed by atoms with Crippen LogP contribution in [0.1, 0.15) is 19.8 Å². The molecule has 1 aliphatic heterocycles. The Bertz CT molecular complexity index is 470. The summed E-state index contributed by atoms with van der Waals surface area (Å²) in [6.07, 6.45) is 1.47. The lowest BCUT2D eigenvalue weighted by Crippen LogP contribution is -2.47. The zero-order chi connectivity index (χ0) is 15.2. The number of amides is 1. The normalized spacial score (nSPS) is 18.0. The minimum atomic E-state index is -0.517. The summed E-state index contributed by atoms with van der Waals surface area (Å²) < 4.78 is 10.8. The van der Waals surface area contributed by atoms with Gasteiger partial charge in [0.05, 0.1) is 7.11 Å². The molecule has 1 atom stereocenters. The van der Waals surface area contributed by atoms with Crippen molar-refractivity contribution in [3.8, 4) is 11.5 Å². The van der Waals surface area contributed by atoms with Gasteiger partial charge in [-0.05, 0) is 52.0 Å². The Morgan fingerprint density at radius 2 is 2.00 bits per heavy atom. The highest BCUT2D eigenvalue weighted by Crippen LogP contribution is 2.20. The molecule has 1 amide bonds. The molecule has 1 N–H and O–H groups in total. The maximum absolute atomic E-state index is 12.2. The predicted octanol–water partition coefficient (Wildman–Crippen LogP) is 1.67. The van der Waals surface area contributed by atoms with E-state index in [4.69, 9.17) is 9.47 Å². The fraction of sp³-hybridized carbons (Fsp3) is 0.562. The molecule has 5 nitrogen and oxygen atoms in total. The molecule has 1 aromatic rings. The summed E-state index contributed by atoms with van der Waals surface area (Å²) >= 11 is 0. The van der Waals surface area contributed by atoms with Crippen LogP contribution in [0, 0.1) is 0 Å². The first-order chi connectivity index (χ1) is 10.1. The molecule has 5 heteroatoms. The summed E-state index contributed by atoms with van der Waals surface area (Å²) in [4.78, 5) is 14.4. The lowest BCUT2D eigenvalue weighted by Gasteiger charge is -2.30. The molecule has 0 bridgehead atoms. The number of nitrogens with zero attached hydrogens (tertiary/aromatic N) is 1. The third-order valence-corrected chi connectivity index (χ3v) is 3.79. The highest BCUT2D eigenvalue weighted by Gasteiger charge is 2.22. The number of piperidine rings is 1. The predicted molar refractivity (Wildman–Crippen MR) is 81.7 cm³/mol. The molecular weight excluding hydrogens is 268 g/mol. The van der Waals surface area contributed by atoms with Gasteiger partial charge in [0, 0.05) is 12.1 Å². The largest absolute Gasteiger partial charge is 0.497 e. The SMILES string of the molecule is COc1cccc(O[C@H](C)C(=O)NC2CCN(C)CC2)c1. The zero-order valence-electron chi connectivity index (χ0n) is 13.0. The van der Waals surface area contributed by atoms with Crippen LogP contribution in [0.5, 0.6) is 11.5 Å². The molecule has 116 valence electrons. The summed E-state index contributed by atoms with van der Waals surface area (Å²) in [5.41, 5.74) is 0. The molecule has 0 aromatic heterocycles. The number of likely N-dealkylation sites (tertiary alicyclic amines) is 1. The maximum atomic E-state index is 12.2. The van der Waals surface area contributed by atoms with Crippen molar-refractivity contribution >= 4 is 5.91 Å². The number of methoxy groups -OCH3 is 1. The van der Waals surface area contributed by atoms with Crippen molar-refractivity contribution in [2.45, 2.75) is 31.9 Å². The van der Waals surface area contributed by atoms with Crippen LogP contribution >= 0.6 is 0 Å². The van der Waals surface area contributed by atoms with Gasteiger partial charge in [-0.1, -0.05) is 6.07 Å². The summed E-state index contributed by atoms with van der Waals surface area (Å²) in [5.74, 6) is 1.29. The van der Waals surface area contributed by atoms with Crippen LogP contribution in [0.3, 0.4) is 0 Å². The highest BCUT2D eigenvalue weighted by atomic mass is 16.5. The molecule has 0 radical (unpaired) electrons. The van der Waals surface area contributed by atoms with E-state index in [0.717, 1.165) is 31.7 Å². The van der Waals surface area contributed by atoms with E-state index >= 15 is 0 Å². The van der Waals surface area contributed by atoms with Crippen molar-refractivity contribution in [3.63, 3.8) is 0 Å². The van der Waals surface area contributed by atoms with Gasteiger partial charge in [-0.2, -0.15) is 0 Å². The van der Waals surface area contributed by atoms with E-state index in [9.17, 15) is 4.79 Å². The summed E-state index contributed by atoms with van der Waals surface area (Å²) in [5, 5.41) is 3.07. The van der Waals surface area contributed by atoms with Crippen LogP contribution in [0.15, 0.2) is 24.3 Å². The monoisotopic (exact) mass is 292 g/mol. The molecule has 0 saturated carbocycles. The molecule has 1 aliphatic rings. The van der Waals surface area contributed by atoms with Gasteiger partial charge in [0.2, 0.25) is 0 Å². The Balaban J connectivity index is 1.84. The van der Waals surface area contributed by atoms with Gasteiger partial charge in [0.1, 0.15) is 11.5 Å². The topological polar surface area (TPSA) is 50.8 Å². The zero-order valence-corrected chi connectivity index (χ0v) is 13.0.